The van der Waals surface area contributed by atoms with Crippen molar-refractivity contribution in [3.05, 3.63) is 65.2 Å². The fourth-order valence-corrected chi connectivity index (χ4v) is 2.60. The van der Waals surface area contributed by atoms with Gasteiger partial charge in [-0.3, -0.25) is 0 Å². The second-order valence-electron chi connectivity index (χ2n) is 5.71. The van der Waals surface area contributed by atoms with Crippen LogP contribution in [0.4, 0.5) is 4.79 Å². The van der Waals surface area contributed by atoms with Crippen molar-refractivity contribution in [2.75, 3.05) is 19.6 Å². The molecule has 0 saturated carbocycles. The van der Waals surface area contributed by atoms with E-state index in [2.05, 4.69) is 5.32 Å². The fraction of sp³-hybridized carbons (Fsp3) is 0.278. The summed E-state index contributed by atoms with van der Waals surface area (Å²) in [7, 11) is 0. The van der Waals surface area contributed by atoms with Crippen molar-refractivity contribution >= 4 is 17.6 Å². The summed E-state index contributed by atoms with van der Waals surface area (Å²) in [5.41, 5.74) is 0.783. The van der Waals surface area contributed by atoms with Crippen molar-refractivity contribution in [1.82, 2.24) is 10.2 Å². The van der Waals surface area contributed by atoms with Crippen LogP contribution in [0.25, 0.3) is 0 Å². The lowest BCUT2D eigenvalue weighted by Gasteiger charge is -2.38. The van der Waals surface area contributed by atoms with Gasteiger partial charge in [0.1, 0.15) is 11.9 Å². The van der Waals surface area contributed by atoms with E-state index >= 15 is 0 Å². The van der Waals surface area contributed by atoms with E-state index in [9.17, 15) is 9.90 Å². The Morgan fingerprint density at radius 1 is 1.21 bits per heavy atom. The van der Waals surface area contributed by atoms with Gasteiger partial charge in [0.05, 0.1) is 19.2 Å². The number of likely N-dealkylation sites (tertiary alicyclic amines) is 1. The van der Waals surface area contributed by atoms with Crippen LogP contribution in [0.15, 0.2) is 54.6 Å². The van der Waals surface area contributed by atoms with Crippen LogP contribution in [0.2, 0.25) is 5.02 Å². The first-order chi connectivity index (χ1) is 11.6. The molecule has 1 fully saturated rings. The summed E-state index contributed by atoms with van der Waals surface area (Å²) in [6.07, 6.45) is -0.728. The van der Waals surface area contributed by atoms with E-state index in [0.29, 0.717) is 18.1 Å². The molecule has 3 rings (SSSR count). The largest absolute Gasteiger partial charge is 0.487 e. The molecule has 2 amide bonds. The number of aliphatic hydroxyl groups is 1. The van der Waals surface area contributed by atoms with Crippen LogP contribution in [0.5, 0.6) is 5.75 Å². The number of nitrogens with one attached hydrogen (secondary N) is 1. The molecule has 0 spiro atoms. The van der Waals surface area contributed by atoms with E-state index < -0.39 is 6.10 Å². The van der Waals surface area contributed by atoms with Gasteiger partial charge in [0, 0.05) is 11.6 Å². The Kier molecular flexibility index (Phi) is 5.23. The van der Waals surface area contributed by atoms with Crippen LogP contribution in [-0.4, -0.2) is 41.8 Å². The smallest absolute Gasteiger partial charge is 0.317 e. The van der Waals surface area contributed by atoms with Crippen molar-refractivity contribution < 1.29 is 14.6 Å². The van der Waals surface area contributed by atoms with Crippen molar-refractivity contribution in [3.63, 3.8) is 0 Å². The molecular formula is C18H19ClN2O3. The number of amides is 2. The van der Waals surface area contributed by atoms with Gasteiger partial charge >= 0.3 is 6.03 Å². The minimum atomic E-state index is -0.711. The Morgan fingerprint density at radius 2 is 1.88 bits per heavy atom. The maximum Gasteiger partial charge on any atom is 0.317 e. The average molecular weight is 347 g/mol. The molecule has 0 radical (unpaired) electrons. The molecule has 1 atom stereocenters. The summed E-state index contributed by atoms with van der Waals surface area (Å²) >= 11 is 5.83. The van der Waals surface area contributed by atoms with E-state index in [-0.39, 0.29) is 18.7 Å². The minimum Gasteiger partial charge on any atom is -0.487 e. The van der Waals surface area contributed by atoms with E-state index in [1.807, 2.05) is 30.3 Å². The molecule has 0 aliphatic carbocycles. The monoisotopic (exact) mass is 346 g/mol. The van der Waals surface area contributed by atoms with Crippen LogP contribution in [-0.2, 0) is 0 Å². The summed E-state index contributed by atoms with van der Waals surface area (Å²) in [4.78, 5) is 13.7. The Hall–Kier alpha value is -2.24. The number of carbonyl (C=O) groups is 1. The number of carbonyl (C=O) groups excluding carboxylic acids is 1. The van der Waals surface area contributed by atoms with Gasteiger partial charge in [-0.15, -0.1) is 0 Å². The molecule has 2 N–H and O–H groups in total. The zero-order valence-electron chi connectivity index (χ0n) is 13.1. The number of halogens is 1. The highest BCUT2D eigenvalue weighted by molar-refractivity contribution is 6.30. The van der Waals surface area contributed by atoms with E-state index in [4.69, 9.17) is 16.3 Å². The zero-order valence-corrected chi connectivity index (χ0v) is 13.8. The molecule has 6 heteroatoms. The average Bonchev–Trinajstić information content (AvgIpc) is 2.57. The molecule has 126 valence electrons. The van der Waals surface area contributed by atoms with Crippen molar-refractivity contribution in [2.45, 2.75) is 12.2 Å². The summed E-state index contributed by atoms with van der Waals surface area (Å²) in [6, 6.07) is 16.2. The minimum absolute atomic E-state index is 0.0176. The Morgan fingerprint density at radius 3 is 2.54 bits per heavy atom. The second kappa shape index (κ2) is 7.55. The van der Waals surface area contributed by atoms with Gasteiger partial charge in [-0.2, -0.15) is 0 Å². The van der Waals surface area contributed by atoms with Crippen molar-refractivity contribution in [3.8, 4) is 5.75 Å². The highest BCUT2D eigenvalue weighted by atomic mass is 35.5. The predicted octanol–water partition coefficient (Wildman–Crippen LogP) is 2.85. The number of urea groups is 1. The first kappa shape index (κ1) is 16.6. The van der Waals surface area contributed by atoms with Gasteiger partial charge in [0.15, 0.2) is 0 Å². The highest BCUT2D eigenvalue weighted by Crippen LogP contribution is 2.20. The number of ether oxygens (including phenoxy) is 1. The molecule has 1 aliphatic heterocycles. The molecule has 24 heavy (non-hydrogen) atoms. The quantitative estimate of drug-likeness (QED) is 0.875. The van der Waals surface area contributed by atoms with Gasteiger partial charge in [0.2, 0.25) is 0 Å². The van der Waals surface area contributed by atoms with Gasteiger partial charge in [0.25, 0.3) is 0 Å². The van der Waals surface area contributed by atoms with E-state index in [1.165, 1.54) is 0 Å². The summed E-state index contributed by atoms with van der Waals surface area (Å²) in [5.74, 6) is 0.740. The molecule has 5 nitrogen and oxygen atoms in total. The first-order valence-corrected chi connectivity index (χ1v) is 8.17. The standard InChI is InChI=1S/C18H19ClN2O3/c19-14-6-8-15(9-7-14)24-16-11-21(12-16)18(23)20-10-17(22)13-4-2-1-3-5-13/h1-9,16-17,22H,10-12H2,(H,20,23). The van der Waals surface area contributed by atoms with Crippen LogP contribution >= 0.6 is 11.6 Å². The Balaban J connectivity index is 1.39. The Labute approximate surface area is 145 Å². The predicted molar refractivity (Wildman–Crippen MR) is 92.2 cm³/mol. The summed E-state index contributed by atoms with van der Waals surface area (Å²) in [5, 5.41) is 13.4. The van der Waals surface area contributed by atoms with Crippen LogP contribution in [0.1, 0.15) is 11.7 Å². The highest BCUT2D eigenvalue weighted by Gasteiger charge is 2.32. The van der Waals surface area contributed by atoms with Crippen molar-refractivity contribution in [2.24, 2.45) is 0 Å². The number of hydrogen-bond acceptors (Lipinski definition) is 3. The first-order valence-electron chi connectivity index (χ1n) is 7.80. The maximum atomic E-state index is 12.0. The van der Waals surface area contributed by atoms with Gasteiger partial charge in [-0.1, -0.05) is 41.9 Å². The third-order valence-corrected chi connectivity index (χ3v) is 4.13. The Bertz CT molecular complexity index is 672. The fourth-order valence-electron chi connectivity index (χ4n) is 2.47. The van der Waals surface area contributed by atoms with Crippen LogP contribution < -0.4 is 10.1 Å². The molecule has 1 heterocycles. The number of hydrogen-bond donors (Lipinski definition) is 2. The lowest BCUT2D eigenvalue weighted by molar-refractivity contribution is 0.0430. The van der Waals surface area contributed by atoms with Crippen LogP contribution in [0, 0.1) is 0 Å². The number of aliphatic hydroxyl groups excluding tert-OH is 1. The maximum absolute atomic E-state index is 12.0. The third-order valence-electron chi connectivity index (χ3n) is 3.88. The van der Waals surface area contributed by atoms with Crippen LogP contribution in [0.3, 0.4) is 0 Å². The molecule has 0 aromatic heterocycles. The van der Waals surface area contributed by atoms with Gasteiger partial charge in [-0.05, 0) is 29.8 Å². The molecular weight excluding hydrogens is 328 g/mol. The SMILES string of the molecule is O=C(NCC(O)c1ccccc1)N1CC(Oc2ccc(Cl)cc2)C1. The second-order valence-corrected chi connectivity index (χ2v) is 6.15. The number of benzene rings is 2. The lowest BCUT2D eigenvalue weighted by atomic mass is 10.1. The van der Waals surface area contributed by atoms with E-state index in [0.717, 1.165) is 11.3 Å². The number of rotatable bonds is 5. The normalized spacial score (nSPS) is 15.5. The molecule has 1 aliphatic rings. The molecule has 2 aromatic rings. The molecule has 0 bridgehead atoms. The summed E-state index contributed by atoms with van der Waals surface area (Å²) < 4.78 is 5.75. The summed E-state index contributed by atoms with van der Waals surface area (Å²) in [6.45, 7) is 1.23. The lowest BCUT2D eigenvalue weighted by Crippen LogP contribution is -2.59. The van der Waals surface area contributed by atoms with Crippen molar-refractivity contribution in [1.29, 1.82) is 0 Å². The van der Waals surface area contributed by atoms with Gasteiger partial charge in [-0.25, -0.2) is 4.79 Å². The van der Waals surface area contributed by atoms with Gasteiger partial charge < -0.3 is 20.1 Å². The zero-order chi connectivity index (χ0) is 16.9. The van der Waals surface area contributed by atoms with E-state index in [1.54, 1.807) is 29.2 Å². The number of nitrogens with zero attached hydrogens (tertiary/aromatic N) is 1. The molecule has 1 saturated heterocycles. The molecule has 1 unspecified atom stereocenters. The third kappa shape index (κ3) is 4.19. The topological polar surface area (TPSA) is 61.8 Å². The molecule has 2 aromatic carbocycles.